The molecule has 8 nitrogen and oxygen atoms in total. The third-order valence-corrected chi connectivity index (χ3v) is 3.47. The first-order valence-electron chi connectivity index (χ1n) is 9.13. The fourth-order valence-electron chi connectivity index (χ4n) is 2.28. The Kier molecular flexibility index (Phi) is 12.1. The maximum Gasteiger partial charge on any atom is 0.407 e. The smallest absolute Gasteiger partial charge is 0.407 e. The highest BCUT2D eigenvalue weighted by Crippen LogP contribution is 2.12. The second-order valence-electron chi connectivity index (χ2n) is 7.02. The Bertz CT molecular complexity index is 577. The number of ether oxygens (including phenoxy) is 1. The number of aromatic nitrogens is 1. The van der Waals surface area contributed by atoms with Crippen LogP contribution in [0.4, 0.5) is 4.79 Å². The third-order valence-electron chi connectivity index (χ3n) is 3.47. The van der Waals surface area contributed by atoms with Gasteiger partial charge in [-0.05, 0) is 54.4 Å². The lowest BCUT2D eigenvalue weighted by molar-refractivity contribution is 0.0527. The van der Waals surface area contributed by atoms with Gasteiger partial charge in [-0.25, -0.2) is 4.79 Å². The van der Waals surface area contributed by atoms with E-state index in [2.05, 4.69) is 26.1 Å². The molecular formula is C18H34IN5O3. The first-order chi connectivity index (χ1) is 12.2. The van der Waals surface area contributed by atoms with Crippen molar-refractivity contribution in [3.05, 3.63) is 17.0 Å². The number of aliphatic imine (C=N–C) groups is 1. The fourth-order valence-corrected chi connectivity index (χ4v) is 2.28. The van der Waals surface area contributed by atoms with Crippen LogP contribution in [0.2, 0.25) is 0 Å². The predicted molar refractivity (Wildman–Crippen MR) is 118 cm³/mol. The van der Waals surface area contributed by atoms with Crippen molar-refractivity contribution in [1.82, 2.24) is 21.1 Å². The number of carbonyl (C=O) groups excluding carboxylic acids is 1. The number of rotatable bonds is 8. The highest BCUT2D eigenvalue weighted by molar-refractivity contribution is 14.0. The number of guanidine groups is 1. The Morgan fingerprint density at radius 3 is 2.44 bits per heavy atom. The molecule has 0 bridgehead atoms. The van der Waals surface area contributed by atoms with E-state index in [9.17, 15) is 4.79 Å². The number of hydrogen-bond donors (Lipinski definition) is 3. The Labute approximate surface area is 179 Å². The molecule has 0 aromatic carbocycles. The number of aryl methyl sites for hydroxylation is 2. The van der Waals surface area contributed by atoms with Crippen molar-refractivity contribution in [2.75, 3.05) is 26.2 Å². The number of nitrogens with one attached hydrogen (secondary N) is 3. The number of carbonyl (C=O) groups is 1. The Morgan fingerprint density at radius 2 is 1.89 bits per heavy atom. The van der Waals surface area contributed by atoms with Crippen LogP contribution in [0.3, 0.4) is 0 Å². The Balaban J connectivity index is 0.00000676. The van der Waals surface area contributed by atoms with Crippen molar-refractivity contribution in [3.8, 4) is 0 Å². The molecule has 1 amide bonds. The number of amides is 1. The van der Waals surface area contributed by atoms with Gasteiger partial charge in [0.1, 0.15) is 11.4 Å². The first-order valence-corrected chi connectivity index (χ1v) is 9.13. The van der Waals surface area contributed by atoms with Crippen LogP contribution in [0.25, 0.3) is 0 Å². The van der Waals surface area contributed by atoms with Crippen molar-refractivity contribution >= 4 is 36.0 Å². The number of halogens is 1. The van der Waals surface area contributed by atoms with Crippen LogP contribution in [0.15, 0.2) is 9.52 Å². The van der Waals surface area contributed by atoms with Gasteiger partial charge in [-0.2, -0.15) is 0 Å². The molecule has 0 atom stereocenters. The highest BCUT2D eigenvalue weighted by atomic mass is 127. The highest BCUT2D eigenvalue weighted by Gasteiger charge is 2.15. The third kappa shape index (κ3) is 11.0. The van der Waals surface area contributed by atoms with E-state index in [4.69, 9.17) is 9.26 Å². The zero-order valence-electron chi connectivity index (χ0n) is 17.3. The molecule has 0 aliphatic carbocycles. The summed E-state index contributed by atoms with van der Waals surface area (Å²) in [5.74, 6) is 1.62. The molecule has 9 heteroatoms. The second-order valence-corrected chi connectivity index (χ2v) is 7.02. The minimum Gasteiger partial charge on any atom is -0.444 e. The van der Waals surface area contributed by atoms with Crippen molar-refractivity contribution < 1.29 is 14.1 Å². The molecular weight excluding hydrogens is 461 g/mol. The largest absolute Gasteiger partial charge is 0.444 e. The van der Waals surface area contributed by atoms with Gasteiger partial charge >= 0.3 is 6.09 Å². The predicted octanol–water partition coefficient (Wildman–Crippen LogP) is 2.92. The molecule has 0 spiro atoms. The summed E-state index contributed by atoms with van der Waals surface area (Å²) in [6.45, 7) is 14.1. The molecule has 3 N–H and O–H groups in total. The normalized spacial score (nSPS) is 11.6. The van der Waals surface area contributed by atoms with Gasteiger partial charge in [-0.3, -0.25) is 4.99 Å². The van der Waals surface area contributed by atoms with Crippen LogP contribution in [-0.4, -0.2) is 49.0 Å². The standard InChI is InChI=1S/C18H33N5O3.HI/c1-7-19-16(21-12-9-15-13(2)23-26-14(15)3)20-10-8-11-22-17(24)25-18(4,5)6;/h7-12H2,1-6H3,(H,22,24)(H2,19,20,21);1H. The lowest BCUT2D eigenvalue weighted by Gasteiger charge is -2.19. The van der Waals surface area contributed by atoms with Crippen molar-refractivity contribution in [1.29, 1.82) is 0 Å². The molecule has 27 heavy (non-hydrogen) atoms. The van der Waals surface area contributed by atoms with Crippen LogP contribution in [0, 0.1) is 13.8 Å². The zero-order valence-corrected chi connectivity index (χ0v) is 19.6. The van der Waals surface area contributed by atoms with Crippen molar-refractivity contribution in [2.24, 2.45) is 4.99 Å². The maximum atomic E-state index is 11.6. The van der Waals surface area contributed by atoms with Crippen LogP contribution in [-0.2, 0) is 11.2 Å². The minimum absolute atomic E-state index is 0. The number of alkyl carbamates (subject to hydrolysis) is 1. The average Bonchev–Trinajstić information content (AvgIpc) is 2.84. The molecule has 0 aliphatic rings. The van der Waals surface area contributed by atoms with Gasteiger partial charge in [0.2, 0.25) is 0 Å². The van der Waals surface area contributed by atoms with E-state index in [-0.39, 0.29) is 24.0 Å². The summed E-state index contributed by atoms with van der Waals surface area (Å²) < 4.78 is 10.4. The van der Waals surface area contributed by atoms with Crippen molar-refractivity contribution in [2.45, 2.75) is 60.0 Å². The molecule has 0 radical (unpaired) electrons. The van der Waals surface area contributed by atoms with E-state index in [1.54, 1.807) is 0 Å². The van der Waals surface area contributed by atoms with E-state index in [1.807, 2.05) is 41.5 Å². The van der Waals surface area contributed by atoms with Gasteiger partial charge < -0.3 is 25.2 Å². The molecule has 0 unspecified atom stereocenters. The van der Waals surface area contributed by atoms with Gasteiger partial charge in [0.15, 0.2) is 5.96 Å². The van der Waals surface area contributed by atoms with E-state index < -0.39 is 11.7 Å². The van der Waals surface area contributed by atoms with Gasteiger partial charge in [-0.1, -0.05) is 5.16 Å². The molecule has 0 saturated heterocycles. The number of nitrogens with zero attached hydrogens (tertiary/aromatic N) is 2. The van der Waals surface area contributed by atoms with E-state index in [1.165, 1.54) is 0 Å². The molecule has 1 aromatic rings. The Morgan fingerprint density at radius 1 is 1.19 bits per heavy atom. The minimum atomic E-state index is -0.481. The summed E-state index contributed by atoms with van der Waals surface area (Å²) in [4.78, 5) is 16.1. The van der Waals surface area contributed by atoms with Crippen LogP contribution >= 0.6 is 24.0 Å². The fraction of sp³-hybridized carbons (Fsp3) is 0.722. The van der Waals surface area contributed by atoms with E-state index >= 15 is 0 Å². The summed E-state index contributed by atoms with van der Waals surface area (Å²) in [6, 6.07) is 0. The summed E-state index contributed by atoms with van der Waals surface area (Å²) in [6.07, 6.45) is 1.16. The van der Waals surface area contributed by atoms with Crippen LogP contribution in [0.1, 0.15) is 51.1 Å². The lowest BCUT2D eigenvalue weighted by atomic mass is 10.1. The second kappa shape index (κ2) is 12.8. The quantitative estimate of drug-likeness (QED) is 0.222. The maximum absolute atomic E-state index is 11.6. The summed E-state index contributed by atoms with van der Waals surface area (Å²) in [7, 11) is 0. The van der Waals surface area contributed by atoms with Gasteiger partial charge in [0.05, 0.1) is 5.69 Å². The summed E-state index contributed by atoms with van der Waals surface area (Å²) >= 11 is 0. The SMILES string of the molecule is CCNC(=NCCCNC(=O)OC(C)(C)C)NCCc1c(C)noc1C.I. The molecule has 1 heterocycles. The molecule has 0 fully saturated rings. The van der Waals surface area contributed by atoms with Crippen LogP contribution in [0.5, 0.6) is 0 Å². The van der Waals surface area contributed by atoms with E-state index in [0.29, 0.717) is 13.1 Å². The van der Waals surface area contributed by atoms with Crippen molar-refractivity contribution in [3.63, 3.8) is 0 Å². The van der Waals surface area contributed by atoms with Gasteiger partial charge in [0.25, 0.3) is 0 Å². The summed E-state index contributed by atoms with van der Waals surface area (Å²) in [5.41, 5.74) is 1.58. The molecule has 156 valence electrons. The molecule has 0 saturated carbocycles. The first kappa shape index (κ1) is 25.5. The van der Waals surface area contributed by atoms with Gasteiger partial charge in [-0.15, -0.1) is 24.0 Å². The van der Waals surface area contributed by atoms with Crippen LogP contribution < -0.4 is 16.0 Å². The molecule has 1 rings (SSSR count). The lowest BCUT2D eigenvalue weighted by Crippen LogP contribution is -2.38. The van der Waals surface area contributed by atoms with E-state index in [0.717, 1.165) is 48.9 Å². The summed E-state index contributed by atoms with van der Waals surface area (Å²) in [5, 5.41) is 13.2. The zero-order chi connectivity index (χ0) is 19.6. The molecule has 0 aliphatic heterocycles. The Hall–Kier alpha value is -1.52. The average molecular weight is 495 g/mol. The van der Waals surface area contributed by atoms with Gasteiger partial charge in [0, 0.05) is 31.7 Å². The monoisotopic (exact) mass is 495 g/mol. The molecule has 1 aromatic heterocycles. The topological polar surface area (TPSA) is 101 Å². The number of hydrogen-bond acceptors (Lipinski definition) is 5.